The molecule has 0 N–H and O–H groups in total. The number of carbonyl (C=O) groups excluding carboxylic acids is 2. The highest BCUT2D eigenvalue weighted by atomic mass is 16.6. The number of fused-ring (bicyclic) bond motifs is 1. The second kappa shape index (κ2) is 6.67. The molecule has 2 unspecified atom stereocenters. The van der Waals surface area contributed by atoms with Gasteiger partial charge in [0.1, 0.15) is 17.4 Å². The number of likely N-dealkylation sites (N-methyl/N-ethyl adjacent to an activating group) is 1. The van der Waals surface area contributed by atoms with E-state index >= 15 is 0 Å². The van der Waals surface area contributed by atoms with Gasteiger partial charge >= 0.3 is 5.97 Å². The largest absolute Gasteiger partial charge is 0.457 e. The molecular formula is C20H27NO3. The lowest BCUT2D eigenvalue weighted by atomic mass is 9.92. The number of hydrogen-bond donors (Lipinski definition) is 0. The molecule has 1 fully saturated rings. The highest BCUT2D eigenvalue weighted by Gasteiger charge is 2.41. The number of Topliss-reactive ketones (excluding diaryl/α,β-unsaturated/α-hetero) is 1. The van der Waals surface area contributed by atoms with E-state index < -0.39 is 11.6 Å². The molecule has 130 valence electrons. The summed E-state index contributed by atoms with van der Waals surface area (Å²) in [5.74, 6) is 0.213. The van der Waals surface area contributed by atoms with E-state index in [1.807, 2.05) is 26.8 Å². The van der Waals surface area contributed by atoms with Gasteiger partial charge in [-0.1, -0.05) is 31.2 Å². The minimum Gasteiger partial charge on any atom is -0.457 e. The van der Waals surface area contributed by atoms with Crippen LogP contribution in [0.25, 0.3) is 0 Å². The molecule has 0 aromatic heterocycles. The molecule has 1 saturated heterocycles. The smallest absolute Gasteiger partial charge is 0.324 e. The van der Waals surface area contributed by atoms with Gasteiger partial charge in [-0.2, -0.15) is 0 Å². The van der Waals surface area contributed by atoms with Crippen LogP contribution in [0.15, 0.2) is 24.3 Å². The summed E-state index contributed by atoms with van der Waals surface area (Å²) in [6.45, 7) is 7.30. The Labute approximate surface area is 144 Å². The van der Waals surface area contributed by atoms with E-state index in [1.54, 1.807) is 0 Å². The maximum Gasteiger partial charge on any atom is 0.324 e. The lowest BCUT2D eigenvalue weighted by Gasteiger charge is -2.41. The van der Waals surface area contributed by atoms with E-state index in [1.165, 1.54) is 11.1 Å². The highest BCUT2D eigenvalue weighted by Crippen LogP contribution is 2.36. The summed E-state index contributed by atoms with van der Waals surface area (Å²) in [6, 6.07) is 7.96. The fraction of sp³-hybridized carbons (Fsp3) is 0.600. The van der Waals surface area contributed by atoms with Gasteiger partial charge in [-0.15, -0.1) is 0 Å². The number of esters is 1. The van der Waals surface area contributed by atoms with E-state index in [0.29, 0.717) is 18.9 Å². The number of morpholine rings is 1. The number of nitrogens with zero attached hydrogens (tertiary/aromatic N) is 1. The molecular weight excluding hydrogens is 302 g/mol. The molecule has 24 heavy (non-hydrogen) atoms. The molecule has 1 aliphatic heterocycles. The van der Waals surface area contributed by atoms with Gasteiger partial charge in [-0.25, -0.2) is 0 Å². The number of ether oxygens (including phenoxy) is 1. The molecule has 3 rings (SSSR count). The van der Waals surface area contributed by atoms with Crippen LogP contribution in [-0.2, 0) is 20.7 Å². The second-order valence-corrected chi connectivity index (χ2v) is 7.64. The zero-order valence-corrected chi connectivity index (χ0v) is 14.9. The SMILES string of the molecule is CCN1CC(C)(C)OC(=O)C1CC(=O)CC1CCc2ccccc21. The molecule has 0 saturated carbocycles. The van der Waals surface area contributed by atoms with Crippen molar-refractivity contribution >= 4 is 11.8 Å². The number of ketones is 1. The Balaban J connectivity index is 1.64. The number of benzene rings is 1. The van der Waals surface area contributed by atoms with Crippen molar-refractivity contribution in [2.45, 2.75) is 64.0 Å². The van der Waals surface area contributed by atoms with Crippen molar-refractivity contribution in [2.24, 2.45) is 0 Å². The standard InChI is InChI=1S/C20H27NO3/c1-4-21-13-20(2,3)24-19(23)18(21)12-16(22)11-15-10-9-14-7-5-6-8-17(14)15/h5-8,15,18H,4,9-13H2,1-3H3. The van der Waals surface area contributed by atoms with Gasteiger partial charge in [0.2, 0.25) is 0 Å². The summed E-state index contributed by atoms with van der Waals surface area (Å²) < 4.78 is 5.51. The van der Waals surface area contributed by atoms with E-state index in [4.69, 9.17) is 4.74 Å². The van der Waals surface area contributed by atoms with Crippen molar-refractivity contribution < 1.29 is 14.3 Å². The second-order valence-electron chi connectivity index (χ2n) is 7.64. The average Bonchev–Trinajstić information content (AvgIpc) is 2.92. The zero-order chi connectivity index (χ0) is 17.3. The predicted octanol–water partition coefficient (Wildman–Crippen LogP) is 3.09. The van der Waals surface area contributed by atoms with Crippen LogP contribution < -0.4 is 0 Å². The third kappa shape index (κ3) is 3.54. The minimum absolute atomic E-state index is 0.164. The topological polar surface area (TPSA) is 46.6 Å². The number of aryl methyl sites for hydroxylation is 1. The molecule has 4 nitrogen and oxygen atoms in total. The number of cyclic esters (lactones) is 1. The summed E-state index contributed by atoms with van der Waals surface area (Å²) in [5.41, 5.74) is 2.20. The van der Waals surface area contributed by atoms with Gasteiger partial charge in [-0.05, 0) is 50.3 Å². The van der Waals surface area contributed by atoms with E-state index in [2.05, 4.69) is 23.1 Å². The molecule has 1 aromatic rings. The van der Waals surface area contributed by atoms with Crippen molar-refractivity contribution in [3.8, 4) is 0 Å². The summed E-state index contributed by atoms with van der Waals surface area (Å²) in [5, 5.41) is 0. The normalized spacial score (nSPS) is 26.0. The van der Waals surface area contributed by atoms with Crippen molar-refractivity contribution in [1.29, 1.82) is 0 Å². The monoisotopic (exact) mass is 329 g/mol. The molecule has 1 aliphatic carbocycles. The zero-order valence-electron chi connectivity index (χ0n) is 14.9. The van der Waals surface area contributed by atoms with Crippen LogP contribution in [0.3, 0.4) is 0 Å². The maximum absolute atomic E-state index is 12.6. The third-order valence-electron chi connectivity index (χ3n) is 5.23. The van der Waals surface area contributed by atoms with Crippen LogP contribution in [-0.4, -0.2) is 41.4 Å². The van der Waals surface area contributed by atoms with Gasteiger partial charge < -0.3 is 4.74 Å². The molecule has 0 amide bonds. The van der Waals surface area contributed by atoms with E-state index in [9.17, 15) is 9.59 Å². The van der Waals surface area contributed by atoms with Gasteiger partial charge in [-0.3, -0.25) is 14.5 Å². The average molecular weight is 329 g/mol. The van der Waals surface area contributed by atoms with Gasteiger partial charge in [0.15, 0.2) is 0 Å². The first kappa shape index (κ1) is 17.2. The Bertz CT molecular complexity index is 638. The quantitative estimate of drug-likeness (QED) is 0.779. The van der Waals surface area contributed by atoms with Crippen LogP contribution >= 0.6 is 0 Å². The van der Waals surface area contributed by atoms with Crippen molar-refractivity contribution in [1.82, 2.24) is 4.90 Å². The Morgan fingerprint density at radius 3 is 2.79 bits per heavy atom. The molecule has 4 heteroatoms. The number of rotatable bonds is 5. The predicted molar refractivity (Wildman–Crippen MR) is 93.0 cm³/mol. The lowest BCUT2D eigenvalue weighted by molar-refractivity contribution is -0.178. The van der Waals surface area contributed by atoms with Crippen LogP contribution in [0.1, 0.15) is 57.1 Å². The minimum atomic E-state index is -0.475. The Hall–Kier alpha value is -1.68. The number of carbonyl (C=O) groups is 2. The summed E-state index contributed by atoms with van der Waals surface area (Å²) in [4.78, 5) is 27.0. The van der Waals surface area contributed by atoms with Crippen molar-refractivity contribution in [3.05, 3.63) is 35.4 Å². The fourth-order valence-electron chi connectivity index (χ4n) is 4.10. The first-order valence-electron chi connectivity index (χ1n) is 8.96. The van der Waals surface area contributed by atoms with E-state index in [0.717, 1.165) is 19.4 Å². The highest BCUT2D eigenvalue weighted by molar-refractivity contribution is 5.87. The molecule has 2 aliphatic rings. The van der Waals surface area contributed by atoms with Crippen LogP contribution in [0.5, 0.6) is 0 Å². The van der Waals surface area contributed by atoms with Gasteiger partial charge in [0.05, 0.1) is 0 Å². The lowest BCUT2D eigenvalue weighted by Crippen LogP contribution is -2.57. The van der Waals surface area contributed by atoms with Crippen LogP contribution in [0.4, 0.5) is 0 Å². The summed E-state index contributed by atoms with van der Waals surface area (Å²) in [6.07, 6.45) is 2.88. The van der Waals surface area contributed by atoms with Crippen molar-refractivity contribution in [2.75, 3.05) is 13.1 Å². The summed E-state index contributed by atoms with van der Waals surface area (Å²) in [7, 11) is 0. The molecule has 0 spiro atoms. The van der Waals surface area contributed by atoms with E-state index in [-0.39, 0.29) is 18.2 Å². The molecule has 0 radical (unpaired) electrons. The number of hydrogen-bond acceptors (Lipinski definition) is 4. The molecule has 1 heterocycles. The van der Waals surface area contributed by atoms with Crippen LogP contribution in [0.2, 0.25) is 0 Å². The molecule has 1 aromatic carbocycles. The Kier molecular flexibility index (Phi) is 4.77. The fourth-order valence-corrected chi connectivity index (χ4v) is 4.10. The van der Waals surface area contributed by atoms with Crippen LogP contribution in [0, 0.1) is 0 Å². The first-order chi connectivity index (χ1) is 11.4. The Morgan fingerprint density at radius 1 is 1.29 bits per heavy atom. The summed E-state index contributed by atoms with van der Waals surface area (Å²) >= 11 is 0. The molecule has 0 bridgehead atoms. The molecule has 2 atom stereocenters. The first-order valence-corrected chi connectivity index (χ1v) is 8.96. The maximum atomic E-state index is 12.6. The van der Waals surface area contributed by atoms with Gasteiger partial charge in [0, 0.05) is 19.4 Å². The Morgan fingerprint density at radius 2 is 2.04 bits per heavy atom. The van der Waals surface area contributed by atoms with Crippen molar-refractivity contribution in [3.63, 3.8) is 0 Å². The third-order valence-corrected chi connectivity index (χ3v) is 5.23. The van der Waals surface area contributed by atoms with Gasteiger partial charge in [0.25, 0.3) is 0 Å².